The van der Waals surface area contributed by atoms with Crippen LogP contribution >= 0.6 is 12.2 Å². The first-order valence-electron chi connectivity index (χ1n) is 11.0. The van der Waals surface area contributed by atoms with Crippen LogP contribution in [0.1, 0.15) is 29.0 Å². The van der Waals surface area contributed by atoms with E-state index in [-0.39, 0.29) is 12.1 Å². The Balaban J connectivity index is 1.60. The topological polar surface area (TPSA) is 92.2 Å². The van der Waals surface area contributed by atoms with Gasteiger partial charge in [-0.25, -0.2) is 13.4 Å². The number of aryl methyl sites for hydroxylation is 1. The summed E-state index contributed by atoms with van der Waals surface area (Å²) in [6, 6.07) is 20.6. The molecule has 1 saturated heterocycles. The summed E-state index contributed by atoms with van der Waals surface area (Å²) in [4.78, 5) is 11.3. The Kier molecular flexibility index (Phi) is 6.00. The molecule has 0 amide bonds. The molecule has 0 unspecified atom stereocenters. The third kappa shape index (κ3) is 4.75. The van der Waals surface area contributed by atoms with Gasteiger partial charge in [-0.2, -0.15) is 0 Å². The van der Waals surface area contributed by atoms with E-state index in [1.54, 1.807) is 18.3 Å². The Morgan fingerprint density at radius 1 is 1.00 bits per heavy atom. The standard InChI is InChI=1S/C25H24N6O2S2/c1-17-8-13-22(27-16-17)30-15-5-7-21(30)24-23(20-6-3-4-14-26-20)28-25(34)31(24)19-11-9-18(10-12-19)29-35(2,32)33/h3-16,23-24,29H,1-2H3,(H,28,34)/t23-,24-/m0/s1. The number of nitrogens with zero attached hydrogens (tertiary/aromatic N) is 4. The highest BCUT2D eigenvalue weighted by atomic mass is 32.2. The zero-order chi connectivity index (χ0) is 24.6. The minimum Gasteiger partial charge on any atom is -0.351 e. The molecule has 1 aromatic carbocycles. The molecule has 5 rings (SSSR count). The third-order valence-electron chi connectivity index (χ3n) is 5.77. The maximum absolute atomic E-state index is 11.6. The molecule has 4 heterocycles. The van der Waals surface area contributed by atoms with Gasteiger partial charge in [-0.05, 0) is 79.3 Å². The second-order valence-electron chi connectivity index (χ2n) is 8.41. The van der Waals surface area contributed by atoms with Gasteiger partial charge in [0.15, 0.2) is 5.11 Å². The molecule has 0 radical (unpaired) electrons. The number of pyridine rings is 2. The van der Waals surface area contributed by atoms with Crippen molar-refractivity contribution in [2.45, 2.75) is 19.0 Å². The van der Waals surface area contributed by atoms with Gasteiger partial charge in [-0.1, -0.05) is 12.1 Å². The summed E-state index contributed by atoms with van der Waals surface area (Å²) in [5.74, 6) is 0.806. The molecule has 0 saturated carbocycles. The van der Waals surface area contributed by atoms with Crippen LogP contribution in [0.2, 0.25) is 0 Å². The van der Waals surface area contributed by atoms with Gasteiger partial charge < -0.3 is 14.8 Å². The van der Waals surface area contributed by atoms with Gasteiger partial charge >= 0.3 is 0 Å². The van der Waals surface area contributed by atoms with E-state index >= 15 is 0 Å². The van der Waals surface area contributed by atoms with Crippen molar-refractivity contribution >= 4 is 38.7 Å². The highest BCUT2D eigenvalue weighted by molar-refractivity contribution is 7.92. The molecule has 10 heteroatoms. The highest BCUT2D eigenvalue weighted by Crippen LogP contribution is 2.42. The highest BCUT2D eigenvalue weighted by Gasteiger charge is 2.42. The van der Waals surface area contributed by atoms with Crippen molar-refractivity contribution in [1.29, 1.82) is 0 Å². The molecule has 1 aliphatic heterocycles. The number of anilines is 2. The van der Waals surface area contributed by atoms with Gasteiger partial charge in [-0.15, -0.1) is 0 Å². The minimum atomic E-state index is -3.37. The molecular formula is C25H24N6O2S2. The monoisotopic (exact) mass is 504 g/mol. The van der Waals surface area contributed by atoms with Gasteiger partial charge in [0.1, 0.15) is 11.9 Å². The Morgan fingerprint density at radius 2 is 1.80 bits per heavy atom. The molecule has 2 atom stereocenters. The summed E-state index contributed by atoms with van der Waals surface area (Å²) in [7, 11) is -3.37. The Bertz CT molecular complexity index is 1450. The zero-order valence-corrected chi connectivity index (χ0v) is 20.8. The van der Waals surface area contributed by atoms with Gasteiger partial charge in [0.25, 0.3) is 0 Å². The quantitative estimate of drug-likeness (QED) is 0.382. The molecule has 1 aliphatic rings. The summed E-state index contributed by atoms with van der Waals surface area (Å²) in [5, 5.41) is 4.00. The van der Waals surface area contributed by atoms with E-state index in [9.17, 15) is 8.42 Å². The van der Waals surface area contributed by atoms with E-state index in [0.717, 1.165) is 34.7 Å². The van der Waals surface area contributed by atoms with E-state index in [4.69, 9.17) is 12.2 Å². The molecule has 2 N–H and O–H groups in total. The smallest absolute Gasteiger partial charge is 0.229 e. The SMILES string of the molecule is Cc1ccc(-n2cccc2[C@H]2[C@H](c3ccccn3)NC(=S)N2c2ccc(NS(C)(=O)=O)cc2)nc1. The predicted molar refractivity (Wildman–Crippen MR) is 141 cm³/mol. The van der Waals surface area contributed by atoms with Gasteiger partial charge in [0.05, 0.1) is 18.0 Å². The molecule has 3 aromatic heterocycles. The maximum atomic E-state index is 11.6. The van der Waals surface area contributed by atoms with Crippen LogP contribution in [0.4, 0.5) is 11.4 Å². The lowest BCUT2D eigenvalue weighted by Gasteiger charge is -2.29. The molecule has 0 spiro atoms. The first kappa shape index (κ1) is 23.0. The number of benzene rings is 1. The summed E-state index contributed by atoms with van der Waals surface area (Å²) in [5.41, 5.74) is 4.25. The number of hydrogen-bond acceptors (Lipinski definition) is 5. The molecule has 0 bridgehead atoms. The number of hydrogen-bond donors (Lipinski definition) is 2. The fourth-order valence-corrected chi connectivity index (χ4v) is 5.19. The molecule has 1 fully saturated rings. The fourth-order valence-electron chi connectivity index (χ4n) is 4.28. The average Bonchev–Trinajstić information content (AvgIpc) is 3.44. The van der Waals surface area contributed by atoms with Crippen molar-refractivity contribution < 1.29 is 8.42 Å². The van der Waals surface area contributed by atoms with Crippen molar-refractivity contribution in [1.82, 2.24) is 19.9 Å². The second kappa shape index (κ2) is 9.12. The maximum Gasteiger partial charge on any atom is 0.229 e. The van der Waals surface area contributed by atoms with Crippen LogP contribution in [-0.2, 0) is 10.0 Å². The number of sulfonamides is 1. The summed E-state index contributed by atoms with van der Waals surface area (Å²) in [6.45, 7) is 2.01. The number of nitrogens with one attached hydrogen (secondary N) is 2. The minimum absolute atomic E-state index is 0.211. The van der Waals surface area contributed by atoms with E-state index in [1.807, 2.05) is 72.7 Å². The van der Waals surface area contributed by atoms with Crippen LogP contribution in [0.3, 0.4) is 0 Å². The molecule has 35 heavy (non-hydrogen) atoms. The summed E-state index contributed by atoms with van der Waals surface area (Å²) >= 11 is 5.80. The lowest BCUT2D eigenvalue weighted by molar-refractivity contribution is 0.548. The van der Waals surface area contributed by atoms with Crippen LogP contribution in [0.15, 0.2) is 85.3 Å². The first-order valence-corrected chi connectivity index (χ1v) is 13.3. The summed E-state index contributed by atoms with van der Waals surface area (Å²) in [6.07, 6.45) is 6.73. The van der Waals surface area contributed by atoms with Crippen molar-refractivity contribution in [3.63, 3.8) is 0 Å². The van der Waals surface area contributed by atoms with Gasteiger partial charge in [0.2, 0.25) is 10.0 Å². The van der Waals surface area contributed by atoms with E-state index in [0.29, 0.717) is 10.8 Å². The van der Waals surface area contributed by atoms with Crippen LogP contribution in [0.25, 0.3) is 5.82 Å². The summed E-state index contributed by atoms with van der Waals surface area (Å²) < 4.78 is 27.8. The molecule has 8 nitrogen and oxygen atoms in total. The van der Waals surface area contributed by atoms with Crippen molar-refractivity contribution in [2.24, 2.45) is 0 Å². The van der Waals surface area contributed by atoms with Crippen LogP contribution in [-0.4, -0.2) is 34.3 Å². The van der Waals surface area contributed by atoms with Crippen LogP contribution < -0.4 is 14.9 Å². The molecule has 0 aliphatic carbocycles. The Morgan fingerprint density at radius 3 is 2.46 bits per heavy atom. The number of thiocarbonyl (C=S) groups is 1. The van der Waals surface area contributed by atoms with Gasteiger partial charge in [-0.3, -0.25) is 9.71 Å². The van der Waals surface area contributed by atoms with Crippen molar-refractivity contribution in [3.8, 4) is 5.82 Å². The van der Waals surface area contributed by atoms with Crippen molar-refractivity contribution in [2.75, 3.05) is 15.9 Å². The molecular weight excluding hydrogens is 480 g/mol. The van der Waals surface area contributed by atoms with Crippen molar-refractivity contribution in [3.05, 3.63) is 102 Å². The molecule has 178 valence electrons. The fraction of sp³-hybridized carbons (Fsp3) is 0.160. The van der Waals surface area contributed by atoms with E-state index < -0.39 is 10.0 Å². The third-order valence-corrected chi connectivity index (χ3v) is 6.69. The van der Waals surface area contributed by atoms with E-state index in [2.05, 4.69) is 30.6 Å². The van der Waals surface area contributed by atoms with E-state index in [1.165, 1.54) is 0 Å². The lowest BCUT2D eigenvalue weighted by Crippen LogP contribution is -2.30. The molecule has 4 aromatic rings. The predicted octanol–water partition coefficient (Wildman–Crippen LogP) is 4.12. The average molecular weight is 505 g/mol. The Hall–Kier alpha value is -3.76. The second-order valence-corrected chi connectivity index (χ2v) is 10.5. The van der Waals surface area contributed by atoms with Crippen LogP contribution in [0.5, 0.6) is 0 Å². The zero-order valence-electron chi connectivity index (χ0n) is 19.2. The first-order chi connectivity index (χ1) is 16.8. The normalized spacial score (nSPS) is 17.9. The number of aromatic nitrogens is 3. The number of rotatable bonds is 6. The Labute approximate surface area is 209 Å². The lowest BCUT2D eigenvalue weighted by atomic mass is 10.0. The van der Waals surface area contributed by atoms with Gasteiger partial charge in [0, 0.05) is 35.7 Å². The van der Waals surface area contributed by atoms with Crippen LogP contribution in [0, 0.1) is 6.92 Å². The largest absolute Gasteiger partial charge is 0.351 e.